The first kappa shape index (κ1) is 14.9. The minimum absolute atomic E-state index is 0.00370. The lowest BCUT2D eigenvalue weighted by atomic mass is 10.1. The van der Waals surface area contributed by atoms with Gasteiger partial charge in [0, 0.05) is 12.1 Å². The molecule has 1 aromatic heterocycles. The molecule has 3 rings (SSSR count). The zero-order valence-electron chi connectivity index (χ0n) is 11.9. The summed E-state index contributed by atoms with van der Waals surface area (Å²) in [5.74, 6) is -0.0875. The summed E-state index contributed by atoms with van der Waals surface area (Å²) in [5.41, 5.74) is 0.538. The number of benzene rings is 1. The molecular formula is C14H16N4O3S. The van der Waals surface area contributed by atoms with E-state index in [1.54, 1.807) is 6.07 Å². The zero-order valence-corrected chi connectivity index (χ0v) is 12.8. The summed E-state index contributed by atoms with van der Waals surface area (Å²) in [6.45, 7) is 2.29. The molecule has 2 aromatic rings. The zero-order chi connectivity index (χ0) is 15.5. The molecule has 0 unspecified atom stereocenters. The number of nitrogens with one attached hydrogen (secondary N) is 1. The van der Waals surface area contributed by atoms with Crippen LogP contribution in [0.3, 0.4) is 0 Å². The topological polar surface area (TPSA) is 88.4 Å². The molecule has 1 aromatic carbocycles. The Balaban J connectivity index is 1.67. The van der Waals surface area contributed by atoms with Crippen molar-refractivity contribution in [3.63, 3.8) is 0 Å². The minimum Gasteiger partial charge on any atom is -0.301 e. The number of carbonyl (C=O) groups is 1. The first-order valence-electron chi connectivity index (χ1n) is 7.19. The number of carbonyl (C=O) groups excluding carboxylic acids is 1. The fourth-order valence-corrected chi connectivity index (χ4v) is 3.42. The van der Waals surface area contributed by atoms with Gasteiger partial charge in [0.15, 0.2) is 5.13 Å². The van der Waals surface area contributed by atoms with Crippen LogP contribution in [0.5, 0.6) is 0 Å². The van der Waals surface area contributed by atoms with Crippen LogP contribution in [0.2, 0.25) is 0 Å². The van der Waals surface area contributed by atoms with Crippen LogP contribution < -0.4 is 5.32 Å². The Morgan fingerprint density at radius 2 is 2.14 bits per heavy atom. The van der Waals surface area contributed by atoms with E-state index < -0.39 is 4.92 Å². The molecule has 1 amide bonds. The second-order valence-electron chi connectivity index (χ2n) is 5.31. The first-order chi connectivity index (χ1) is 10.6. The van der Waals surface area contributed by atoms with E-state index in [1.165, 1.54) is 29.9 Å². The summed E-state index contributed by atoms with van der Waals surface area (Å²) in [6, 6.07) is 4.53. The van der Waals surface area contributed by atoms with Gasteiger partial charge >= 0.3 is 0 Å². The molecular weight excluding hydrogens is 304 g/mol. The first-order valence-corrected chi connectivity index (χ1v) is 8.01. The fourth-order valence-electron chi connectivity index (χ4n) is 2.56. The van der Waals surface area contributed by atoms with E-state index in [2.05, 4.69) is 15.2 Å². The number of rotatable bonds is 4. The van der Waals surface area contributed by atoms with Crippen molar-refractivity contribution in [1.82, 2.24) is 9.88 Å². The van der Waals surface area contributed by atoms with Gasteiger partial charge in [-0.3, -0.25) is 19.8 Å². The molecule has 0 aliphatic carbocycles. The highest BCUT2D eigenvalue weighted by atomic mass is 32.1. The number of piperidine rings is 1. The predicted octanol–water partition coefficient (Wildman–Crippen LogP) is 2.63. The van der Waals surface area contributed by atoms with Crippen molar-refractivity contribution < 1.29 is 9.72 Å². The maximum Gasteiger partial charge on any atom is 0.271 e. The second-order valence-corrected chi connectivity index (χ2v) is 6.34. The standard InChI is InChI=1S/C14H16N4O3S/c19-13(9-17-6-2-1-3-7-17)16-14-15-11-8-10(18(20)21)4-5-12(11)22-14/h4-5,8H,1-3,6-7,9H2,(H,15,16,19). The van der Waals surface area contributed by atoms with E-state index in [0.717, 1.165) is 30.6 Å². The lowest BCUT2D eigenvalue weighted by Gasteiger charge is -2.25. The monoisotopic (exact) mass is 320 g/mol. The second kappa shape index (κ2) is 6.37. The number of hydrogen-bond donors (Lipinski definition) is 1. The van der Waals surface area contributed by atoms with Crippen LogP contribution in [-0.4, -0.2) is 40.3 Å². The fraction of sp³-hybridized carbons (Fsp3) is 0.429. The average Bonchev–Trinajstić information content (AvgIpc) is 2.89. The van der Waals surface area contributed by atoms with Crippen LogP contribution in [0.15, 0.2) is 18.2 Å². The normalized spacial score (nSPS) is 15.8. The Morgan fingerprint density at radius 1 is 1.36 bits per heavy atom. The highest BCUT2D eigenvalue weighted by Crippen LogP contribution is 2.28. The lowest BCUT2D eigenvalue weighted by molar-refractivity contribution is -0.384. The van der Waals surface area contributed by atoms with Crippen molar-refractivity contribution in [3.8, 4) is 0 Å². The quantitative estimate of drug-likeness (QED) is 0.691. The third-order valence-corrected chi connectivity index (χ3v) is 4.60. The van der Waals surface area contributed by atoms with Crippen molar-refractivity contribution in [1.29, 1.82) is 0 Å². The molecule has 7 nitrogen and oxygen atoms in total. The number of anilines is 1. The molecule has 22 heavy (non-hydrogen) atoms. The van der Waals surface area contributed by atoms with Crippen molar-refractivity contribution in [2.24, 2.45) is 0 Å². The smallest absolute Gasteiger partial charge is 0.271 e. The number of nitrogens with zero attached hydrogens (tertiary/aromatic N) is 3. The highest BCUT2D eigenvalue weighted by molar-refractivity contribution is 7.22. The van der Waals surface area contributed by atoms with Crippen LogP contribution in [0.4, 0.5) is 10.8 Å². The van der Waals surface area contributed by atoms with Gasteiger partial charge in [-0.1, -0.05) is 17.8 Å². The third kappa shape index (κ3) is 3.40. The molecule has 8 heteroatoms. The lowest BCUT2D eigenvalue weighted by Crippen LogP contribution is -2.36. The van der Waals surface area contributed by atoms with Gasteiger partial charge in [-0.05, 0) is 32.0 Å². The van der Waals surface area contributed by atoms with Crippen LogP contribution in [0, 0.1) is 10.1 Å². The summed E-state index contributed by atoms with van der Waals surface area (Å²) in [6.07, 6.45) is 3.50. The Hall–Kier alpha value is -2.06. The van der Waals surface area contributed by atoms with E-state index >= 15 is 0 Å². The van der Waals surface area contributed by atoms with E-state index in [-0.39, 0.29) is 11.6 Å². The number of thiazole rings is 1. The van der Waals surface area contributed by atoms with Crippen molar-refractivity contribution in [3.05, 3.63) is 28.3 Å². The number of fused-ring (bicyclic) bond motifs is 1. The van der Waals surface area contributed by atoms with E-state index in [1.807, 2.05) is 0 Å². The predicted molar refractivity (Wildman–Crippen MR) is 85.2 cm³/mol. The molecule has 1 aliphatic heterocycles. The Labute approximate surface area is 131 Å². The van der Waals surface area contributed by atoms with Crippen molar-refractivity contribution >= 4 is 38.3 Å². The summed E-state index contributed by atoms with van der Waals surface area (Å²) >= 11 is 1.32. The van der Waals surface area contributed by atoms with Crippen LogP contribution >= 0.6 is 11.3 Å². The molecule has 1 N–H and O–H groups in total. The molecule has 0 spiro atoms. The molecule has 0 saturated carbocycles. The number of nitro benzene ring substituents is 1. The molecule has 1 fully saturated rings. The number of amides is 1. The number of non-ortho nitro benzene ring substituents is 1. The van der Waals surface area contributed by atoms with Crippen molar-refractivity contribution in [2.45, 2.75) is 19.3 Å². The van der Waals surface area contributed by atoms with E-state index in [0.29, 0.717) is 17.2 Å². The Kier molecular flexibility index (Phi) is 4.30. The van der Waals surface area contributed by atoms with Crippen molar-refractivity contribution in [2.75, 3.05) is 25.0 Å². The maximum absolute atomic E-state index is 12.0. The number of hydrogen-bond acceptors (Lipinski definition) is 6. The molecule has 0 atom stereocenters. The Morgan fingerprint density at radius 3 is 2.86 bits per heavy atom. The van der Waals surface area contributed by atoms with Crippen LogP contribution in [0.1, 0.15) is 19.3 Å². The van der Waals surface area contributed by atoms with Gasteiger partial charge < -0.3 is 5.32 Å². The summed E-state index contributed by atoms with van der Waals surface area (Å²) in [4.78, 5) is 28.7. The molecule has 116 valence electrons. The third-order valence-electron chi connectivity index (χ3n) is 3.64. The molecule has 1 aliphatic rings. The van der Waals surface area contributed by atoms with Gasteiger partial charge in [-0.2, -0.15) is 0 Å². The van der Waals surface area contributed by atoms with Gasteiger partial charge in [-0.25, -0.2) is 4.98 Å². The molecule has 0 bridgehead atoms. The SMILES string of the molecule is O=C(CN1CCCCC1)Nc1nc2cc([N+](=O)[O-])ccc2s1. The largest absolute Gasteiger partial charge is 0.301 e. The number of nitro groups is 1. The molecule has 2 heterocycles. The minimum atomic E-state index is -0.451. The Bertz CT molecular complexity index is 709. The number of likely N-dealkylation sites (tertiary alicyclic amines) is 1. The number of aromatic nitrogens is 1. The van der Waals surface area contributed by atoms with E-state index in [4.69, 9.17) is 0 Å². The van der Waals surface area contributed by atoms with E-state index in [9.17, 15) is 14.9 Å². The van der Waals surface area contributed by atoms with Gasteiger partial charge in [0.25, 0.3) is 5.69 Å². The highest BCUT2D eigenvalue weighted by Gasteiger charge is 2.16. The van der Waals surface area contributed by atoms with Gasteiger partial charge in [0.1, 0.15) is 0 Å². The summed E-state index contributed by atoms with van der Waals surface area (Å²) in [7, 11) is 0. The maximum atomic E-state index is 12.0. The molecule has 0 radical (unpaired) electrons. The van der Waals surface area contributed by atoms with Crippen LogP contribution in [-0.2, 0) is 4.79 Å². The van der Waals surface area contributed by atoms with Gasteiger partial charge in [0.2, 0.25) is 5.91 Å². The summed E-state index contributed by atoms with van der Waals surface area (Å²) in [5, 5.41) is 14.0. The van der Waals surface area contributed by atoms with Gasteiger partial charge in [-0.15, -0.1) is 0 Å². The van der Waals surface area contributed by atoms with Gasteiger partial charge in [0.05, 0.1) is 21.7 Å². The average molecular weight is 320 g/mol. The summed E-state index contributed by atoms with van der Waals surface area (Å²) < 4.78 is 0.818. The molecule has 1 saturated heterocycles. The van der Waals surface area contributed by atoms with Crippen LogP contribution in [0.25, 0.3) is 10.2 Å².